The van der Waals surface area contributed by atoms with Crippen molar-refractivity contribution >= 4 is 5.91 Å². The lowest BCUT2D eigenvalue weighted by Crippen LogP contribution is -2.66. The highest BCUT2D eigenvalue weighted by molar-refractivity contribution is 5.76. The van der Waals surface area contributed by atoms with Crippen LogP contribution < -0.4 is 5.32 Å². The number of ether oxygens (including phenoxy) is 6. The van der Waals surface area contributed by atoms with Gasteiger partial charge in [0.05, 0.1) is 38.6 Å². The van der Waals surface area contributed by atoms with E-state index in [0.717, 1.165) is 70.6 Å². The van der Waals surface area contributed by atoms with Gasteiger partial charge < -0.3 is 89.9 Å². The summed E-state index contributed by atoms with van der Waals surface area (Å²) >= 11 is 0. The number of carbonyl (C=O) groups is 1. The molecule has 0 aliphatic carbocycles. The van der Waals surface area contributed by atoms with Gasteiger partial charge in [-0.15, -0.1) is 0 Å². The molecule has 3 aliphatic heterocycles. The third kappa shape index (κ3) is 35.8. The Balaban J connectivity index is 1.40. The first kappa shape index (κ1) is 84.0. The van der Waals surface area contributed by atoms with E-state index in [-0.39, 0.29) is 18.9 Å². The van der Waals surface area contributed by atoms with Crippen LogP contribution in [-0.2, 0) is 33.2 Å². The molecule has 19 nitrogen and oxygen atoms in total. The summed E-state index contributed by atoms with van der Waals surface area (Å²) in [4.78, 5) is 13.5. The number of amides is 1. The number of carbonyl (C=O) groups excluding carboxylic acids is 1. The lowest BCUT2D eigenvalue weighted by molar-refractivity contribution is -0.379. The zero-order valence-electron chi connectivity index (χ0n) is 57.0. The van der Waals surface area contributed by atoms with Crippen LogP contribution in [0.1, 0.15) is 277 Å². The summed E-state index contributed by atoms with van der Waals surface area (Å²) in [5.74, 6) is -0.242. The molecule has 17 unspecified atom stereocenters. The smallest absolute Gasteiger partial charge is 0.220 e. The zero-order chi connectivity index (χ0) is 66.8. The van der Waals surface area contributed by atoms with Crippen molar-refractivity contribution < 1.29 is 89.4 Å². The van der Waals surface area contributed by atoms with Gasteiger partial charge in [-0.05, 0) is 51.4 Å². The summed E-state index contributed by atoms with van der Waals surface area (Å²) in [5.41, 5.74) is 0. The van der Waals surface area contributed by atoms with E-state index in [0.29, 0.717) is 12.8 Å². The van der Waals surface area contributed by atoms with Crippen LogP contribution in [0.3, 0.4) is 0 Å². The quantitative estimate of drug-likeness (QED) is 0.0199. The summed E-state index contributed by atoms with van der Waals surface area (Å²) in [7, 11) is 0. The molecule has 0 bridgehead atoms. The predicted octanol–water partition coefficient (Wildman–Crippen LogP) is 10.6. The van der Waals surface area contributed by atoms with Crippen molar-refractivity contribution in [2.75, 3.05) is 26.4 Å². The molecule has 12 N–H and O–H groups in total. The third-order valence-electron chi connectivity index (χ3n) is 18.4. The molecule has 538 valence electrons. The maximum Gasteiger partial charge on any atom is 0.220 e. The second kappa shape index (κ2) is 54.7. The molecule has 17 atom stereocenters. The predicted molar refractivity (Wildman–Crippen MR) is 360 cm³/mol. The van der Waals surface area contributed by atoms with E-state index in [2.05, 4.69) is 67.8 Å². The van der Waals surface area contributed by atoms with Crippen molar-refractivity contribution in [3.05, 3.63) is 48.6 Å². The second-order valence-corrected chi connectivity index (χ2v) is 26.4. The molecule has 0 aromatic carbocycles. The number of rotatable bonds is 57. The van der Waals surface area contributed by atoms with Gasteiger partial charge in [-0.3, -0.25) is 4.79 Å². The van der Waals surface area contributed by atoms with Crippen molar-refractivity contribution in [3.63, 3.8) is 0 Å². The standard InChI is InChI=1S/C73H133NO18/c1-3-5-7-9-11-13-15-17-19-21-23-25-26-27-28-29-30-31-33-35-37-39-41-43-45-47-49-51-61(79)74-56(57(78)50-48-46-44-42-40-38-36-34-32-24-22-20-18-16-14-12-10-8-6-4-2)55-87-71-67(85)64(82)69(59(53-76)89-71)92-73-68(86)65(83)70(60(54-77)90-73)91-72-66(84)63(81)62(80)58(52-75)88-72/h5,7,11,13,17,19,23,25,56-60,62-73,75-78,80-86H,3-4,6,8-10,12,14-16,18,20-22,24,26-55H2,1-2H3,(H,74,79)/b7-5-,13-11-,19-17-,25-23-. The number of aliphatic hydroxyl groups excluding tert-OH is 11. The number of nitrogens with one attached hydrogen (secondary N) is 1. The first-order valence-electron chi connectivity index (χ1n) is 36.9. The lowest BCUT2D eigenvalue weighted by Gasteiger charge is -2.48. The van der Waals surface area contributed by atoms with Crippen LogP contribution in [-0.4, -0.2) is 193 Å². The van der Waals surface area contributed by atoms with Gasteiger partial charge in [0.25, 0.3) is 0 Å². The largest absolute Gasteiger partial charge is 0.394 e. The van der Waals surface area contributed by atoms with Gasteiger partial charge >= 0.3 is 0 Å². The van der Waals surface area contributed by atoms with Crippen molar-refractivity contribution in [2.45, 2.75) is 381 Å². The molecule has 3 fully saturated rings. The minimum Gasteiger partial charge on any atom is -0.394 e. The second-order valence-electron chi connectivity index (χ2n) is 26.4. The Labute approximate surface area is 554 Å². The number of aliphatic hydroxyl groups is 11. The minimum atomic E-state index is -1.97. The molecule has 0 aromatic heterocycles. The lowest BCUT2D eigenvalue weighted by atomic mass is 9.96. The van der Waals surface area contributed by atoms with E-state index in [1.807, 2.05) is 0 Å². The molecule has 3 saturated heterocycles. The summed E-state index contributed by atoms with van der Waals surface area (Å²) in [6.45, 7) is 1.72. The Morgan fingerprint density at radius 3 is 1.17 bits per heavy atom. The van der Waals surface area contributed by atoms with Crippen LogP contribution >= 0.6 is 0 Å². The Bertz CT molecular complexity index is 1860. The van der Waals surface area contributed by atoms with Gasteiger partial charge in [0.2, 0.25) is 5.91 Å². The Kier molecular flexibility index (Phi) is 50.0. The summed E-state index contributed by atoms with van der Waals surface area (Å²) < 4.78 is 34.5. The fraction of sp³-hybridized carbons (Fsp3) is 0.877. The monoisotopic (exact) mass is 1310 g/mol. The molecule has 1 amide bonds. The van der Waals surface area contributed by atoms with E-state index in [1.54, 1.807) is 0 Å². The van der Waals surface area contributed by atoms with Crippen molar-refractivity contribution in [2.24, 2.45) is 0 Å². The van der Waals surface area contributed by atoms with E-state index < -0.39 is 124 Å². The summed E-state index contributed by atoms with van der Waals surface area (Å²) in [6.07, 6.45) is 39.0. The topological polar surface area (TPSA) is 307 Å². The molecule has 19 heteroatoms. The molecular formula is C73H133NO18. The fourth-order valence-electron chi connectivity index (χ4n) is 12.5. The Hall–Kier alpha value is -2.25. The molecule has 0 spiro atoms. The van der Waals surface area contributed by atoms with Crippen molar-refractivity contribution in [1.29, 1.82) is 0 Å². The van der Waals surface area contributed by atoms with Crippen LogP contribution in [0.15, 0.2) is 48.6 Å². The highest BCUT2D eigenvalue weighted by atomic mass is 16.8. The highest BCUT2D eigenvalue weighted by Crippen LogP contribution is 2.33. The molecule has 3 rings (SSSR count). The zero-order valence-corrected chi connectivity index (χ0v) is 57.0. The molecule has 3 heterocycles. The number of hydrogen-bond acceptors (Lipinski definition) is 18. The first-order valence-corrected chi connectivity index (χ1v) is 36.9. The summed E-state index contributed by atoms with van der Waals surface area (Å²) in [6, 6.07) is -0.889. The highest BCUT2D eigenvalue weighted by Gasteiger charge is 2.53. The molecule has 92 heavy (non-hydrogen) atoms. The van der Waals surface area contributed by atoms with Crippen molar-refractivity contribution in [3.8, 4) is 0 Å². The van der Waals surface area contributed by atoms with Crippen molar-refractivity contribution in [1.82, 2.24) is 5.32 Å². The van der Waals surface area contributed by atoms with Crippen LogP contribution in [0.25, 0.3) is 0 Å². The number of hydrogen-bond donors (Lipinski definition) is 12. The third-order valence-corrected chi connectivity index (χ3v) is 18.4. The van der Waals surface area contributed by atoms with Gasteiger partial charge in [-0.1, -0.05) is 268 Å². The van der Waals surface area contributed by atoms with Gasteiger partial charge in [-0.2, -0.15) is 0 Å². The van der Waals surface area contributed by atoms with Crippen LogP contribution in [0.2, 0.25) is 0 Å². The maximum atomic E-state index is 13.5. The fourth-order valence-corrected chi connectivity index (χ4v) is 12.5. The molecule has 0 aromatic rings. The van der Waals surface area contributed by atoms with Crippen LogP contribution in [0.5, 0.6) is 0 Å². The Morgan fingerprint density at radius 2 is 0.750 bits per heavy atom. The SMILES string of the molecule is CC/C=C\C/C=C\C/C=C\C/C=C\CCCCCCCCCCCCCCCCC(=O)NC(COC1OC(CO)C(OC2OC(CO)C(OC3OC(CO)C(O)C(O)C3O)C(O)C2O)C(O)C1O)C(O)CCCCCCCCCCCCCCCCCCCCCC. The average Bonchev–Trinajstić information content (AvgIpc) is 0.854. The van der Waals surface area contributed by atoms with Crippen LogP contribution in [0.4, 0.5) is 0 Å². The normalized spacial score (nSPS) is 27.9. The van der Waals surface area contributed by atoms with E-state index >= 15 is 0 Å². The molecular weight excluding hydrogens is 1180 g/mol. The van der Waals surface area contributed by atoms with E-state index in [4.69, 9.17) is 28.4 Å². The number of allylic oxidation sites excluding steroid dienone is 8. The number of unbranched alkanes of at least 4 members (excludes halogenated alkanes) is 33. The van der Waals surface area contributed by atoms with Gasteiger partial charge in [0.15, 0.2) is 18.9 Å². The maximum absolute atomic E-state index is 13.5. The van der Waals surface area contributed by atoms with E-state index in [9.17, 15) is 61.0 Å². The minimum absolute atomic E-state index is 0.242. The van der Waals surface area contributed by atoms with Crippen LogP contribution in [0, 0.1) is 0 Å². The van der Waals surface area contributed by atoms with Gasteiger partial charge in [0, 0.05) is 6.42 Å². The Morgan fingerprint density at radius 1 is 0.402 bits per heavy atom. The average molecular weight is 1310 g/mol. The molecule has 0 saturated carbocycles. The summed E-state index contributed by atoms with van der Waals surface area (Å²) in [5, 5.41) is 121. The van der Waals surface area contributed by atoms with Gasteiger partial charge in [-0.25, -0.2) is 0 Å². The van der Waals surface area contributed by atoms with Gasteiger partial charge in [0.1, 0.15) is 73.2 Å². The first-order chi connectivity index (χ1) is 44.8. The molecule has 0 radical (unpaired) electrons. The molecule has 3 aliphatic rings. The van der Waals surface area contributed by atoms with E-state index in [1.165, 1.54) is 173 Å².